The molecule has 8 fully saturated rings. The molecular weight excluding hydrogens is 1760 g/mol. The zero-order chi connectivity index (χ0) is 91.5. The fraction of sp³-hybridized carbons (Fsp3) is 0.641. The quantitative estimate of drug-likeness (QED) is 0.0452. The number of piperidine rings is 4. The summed E-state index contributed by atoms with van der Waals surface area (Å²) in [5.74, 6) is -1.84. The highest BCUT2D eigenvalue weighted by molar-refractivity contribution is 8.10. The number of nitrogens with two attached hydrogens (primary N) is 1. The van der Waals surface area contributed by atoms with E-state index < -0.39 is 87.0 Å². The summed E-state index contributed by atoms with van der Waals surface area (Å²) < 4.78 is 111. The van der Waals surface area contributed by atoms with Gasteiger partial charge < -0.3 is 45.1 Å². The molecule has 0 unspecified atom stereocenters. The summed E-state index contributed by atoms with van der Waals surface area (Å²) in [5.41, 5.74) is 5.55. The first-order chi connectivity index (χ1) is 56.2. The van der Waals surface area contributed by atoms with Crippen molar-refractivity contribution < 1.29 is 91.3 Å². The number of ketones is 4. The Hall–Kier alpha value is -9.01. The molecule has 124 heavy (non-hydrogen) atoms. The van der Waals surface area contributed by atoms with Gasteiger partial charge in [0.1, 0.15) is 44.7 Å². The maximum absolute atomic E-state index is 12.0. The van der Waals surface area contributed by atoms with Crippen molar-refractivity contribution in [2.24, 2.45) is 27.4 Å². The number of carbonyl (C=O) groups excluding carboxylic acids is 7. The third kappa shape index (κ3) is 32.4. The van der Waals surface area contributed by atoms with E-state index in [4.69, 9.17) is 50.0 Å². The molecule has 0 bridgehead atoms. The van der Waals surface area contributed by atoms with Gasteiger partial charge in [0.2, 0.25) is 40.1 Å². The van der Waals surface area contributed by atoms with E-state index in [1.807, 2.05) is 4.90 Å². The summed E-state index contributed by atoms with van der Waals surface area (Å²) in [6, 6.07) is 0. The summed E-state index contributed by atoms with van der Waals surface area (Å²) in [6.45, 7) is 28.2. The number of sulfonamides is 4. The van der Waals surface area contributed by atoms with E-state index in [9.17, 15) is 77.1 Å². The minimum absolute atomic E-state index is 0. The molecule has 46 heteroatoms. The number of Topliss-reactive ketones (excluding diaryl/α,β-unsaturated/α-hetero) is 4. The van der Waals surface area contributed by atoms with Crippen molar-refractivity contribution in [3.8, 4) is 0 Å². The van der Waals surface area contributed by atoms with Crippen LogP contribution in [0.15, 0.2) is 31.0 Å². The second-order valence-corrected chi connectivity index (χ2v) is 43.3. The van der Waals surface area contributed by atoms with Gasteiger partial charge in [0, 0.05) is 67.0 Å². The molecule has 4 aliphatic heterocycles. The first kappa shape index (κ1) is 106. The number of amides is 3. The van der Waals surface area contributed by atoms with Crippen LogP contribution in [0.2, 0.25) is 15.5 Å². The van der Waals surface area contributed by atoms with Crippen molar-refractivity contribution >= 4 is 163 Å². The average Bonchev–Trinajstić information content (AvgIpc) is 1.67. The number of carboxylic acids is 1. The van der Waals surface area contributed by atoms with E-state index >= 15 is 0 Å². The maximum atomic E-state index is 12.0. The van der Waals surface area contributed by atoms with Gasteiger partial charge in [-0.25, -0.2) is 103 Å². The van der Waals surface area contributed by atoms with E-state index in [1.165, 1.54) is 111 Å². The van der Waals surface area contributed by atoms with Crippen LogP contribution in [0.4, 0.5) is 55.1 Å². The molecule has 0 atom stereocenters. The second-order valence-electron chi connectivity index (χ2n) is 34.4. The fourth-order valence-electron chi connectivity index (χ4n) is 13.4. The summed E-state index contributed by atoms with van der Waals surface area (Å²) >= 11 is 16.8. The number of ether oxygens (including phenoxy) is 3. The molecule has 6 N–H and O–H groups in total. The first-order valence-corrected chi connectivity index (χ1v) is 47.6. The number of hydrogen-bond donors (Lipinski definition) is 5. The van der Waals surface area contributed by atoms with Crippen LogP contribution in [0.25, 0.3) is 0 Å². The number of carbonyl (C=O) groups is 8. The molecule has 0 radical (unpaired) electrons. The van der Waals surface area contributed by atoms with Crippen LogP contribution in [0.1, 0.15) is 260 Å². The molecule has 39 nitrogen and oxygen atoms in total. The van der Waals surface area contributed by atoms with Gasteiger partial charge >= 0.3 is 24.2 Å². The third-order valence-electron chi connectivity index (χ3n) is 20.3. The van der Waals surface area contributed by atoms with Crippen LogP contribution in [0.3, 0.4) is 0 Å². The Morgan fingerprint density at radius 1 is 0.411 bits per heavy atom. The maximum Gasteiger partial charge on any atom is 0.413 e. The molecule has 3 amide bonds. The Morgan fingerprint density at radius 3 is 0.952 bits per heavy atom. The smallest absolute Gasteiger partial charge is 0.413 e. The molecule has 0 aromatic carbocycles. The van der Waals surface area contributed by atoms with Crippen molar-refractivity contribution in [2.75, 3.05) is 110 Å². The van der Waals surface area contributed by atoms with E-state index in [0.29, 0.717) is 59.8 Å². The molecule has 5 aromatic heterocycles. The van der Waals surface area contributed by atoms with Gasteiger partial charge in [-0.05, 0) is 200 Å². The summed E-state index contributed by atoms with van der Waals surface area (Å²) in [7, 11) is -16.6. The Kier molecular flexibility index (Phi) is 35.8. The number of anilines is 7. The van der Waals surface area contributed by atoms with Crippen molar-refractivity contribution in [2.45, 2.75) is 224 Å². The monoisotopic (exact) mass is 1870 g/mol. The third-order valence-corrected chi connectivity index (χ3v) is 27.4. The summed E-state index contributed by atoms with van der Waals surface area (Å²) in [6.07, 6.45) is 26.1. The molecule has 5 aromatic rings. The predicted octanol–water partition coefficient (Wildman–Crippen LogP) is 12.4. The first-order valence-electron chi connectivity index (χ1n) is 39.1. The van der Waals surface area contributed by atoms with Crippen molar-refractivity contribution in [3.05, 3.63) is 74.9 Å². The molecule has 13 rings (SSSR count). The Morgan fingerprint density at radius 2 is 0.685 bits per heavy atom. The van der Waals surface area contributed by atoms with Crippen molar-refractivity contribution in [1.29, 1.82) is 0 Å². The van der Waals surface area contributed by atoms with Gasteiger partial charge in [0.05, 0.1) is 56.0 Å². The van der Waals surface area contributed by atoms with Crippen LogP contribution in [0, 0.1) is 21.7 Å². The van der Waals surface area contributed by atoms with Crippen LogP contribution in [-0.4, -0.2) is 230 Å². The average molecular weight is 1880 g/mol. The lowest BCUT2D eigenvalue weighted by atomic mass is 9.93. The standard InChI is InChI=1S/C18H26N4O3.C15H22N4O5S2.C14H20N4O6S2.C11H14ClN3O3.C7H13N.C6H4Cl2N2O.C5H11NO2.2CH4/c1-12(23)14-15(22-9-7-18(5-6-18)8-10-22)20-13(11-19-14)21-16(24)25-17(2,3)4;1-11(20)13-14(18-8-6-15(4-5-15)7-9-18)17-12(10-16-13)19(25(2,21)22)26(3,23)24;1-25(21,22)18(26(2,23)24)10-9-15-11(13(19)20)12(16-10)17-7-5-14(3-4-14)6-8-17;1-6(16)8-9(12)14-7(5-13-8)15-10(17)18-11(2,3)4;1-2-7(1)3-5-8-6-4-7;1-3(11)5-6(8)10-4(7)2-9-5;1-5(2,3)8-4(6)7;;/h11H,5-10H2,1-4H3,(H,20,21,24);10H,4-9H2,1-3H3;9H,3-8H2,1-2H3,(H,19,20);5H,1-4H3,(H,14,15,17);8H,1-6H2;2H,1H3;1-3H3,(H2,6,7);2*1H4. The highest BCUT2D eigenvalue weighted by Crippen LogP contribution is 2.56. The highest BCUT2D eigenvalue weighted by atomic mass is 35.5. The predicted molar refractivity (Wildman–Crippen MR) is 473 cm³/mol. The van der Waals surface area contributed by atoms with Crippen molar-refractivity contribution in [3.63, 3.8) is 0 Å². The number of rotatable bonds is 16. The number of aromatic carboxylic acids is 1. The van der Waals surface area contributed by atoms with Crippen molar-refractivity contribution in [1.82, 2.24) is 55.2 Å². The zero-order valence-corrected chi connectivity index (χ0v) is 77.1. The molecule has 690 valence electrons. The van der Waals surface area contributed by atoms with Gasteiger partial charge in [-0.15, -0.1) is 7.42 Å². The van der Waals surface area contributed by atoms with Gasteiger partial charge in [-0.1, -0.05) is 49.7 Å². The number of nitrogens with zero attached hydrogens (tertiary/aromatic N) is 15. The number of halogens is 3. The van der Waals surface area contributed by atoms with Gasteiger partial charge in [-0.2, -0.15) is 0 Å². The minimum Gasteiger partial charge on any atom is -0.476 e. The number of nitrogens with one attached hydrogen (secondary N) is 3. The molecular formula is C78H118Cl3N19O20S4. The van der Waals surface area contributed by atoms with Crippen LogP contribution in [-0.2, 0) is 54.3 Å². The zero-order valence-electron chi connectivity index (χ0n) is 71.6. The normalized spacial score (nSPS) is 17.2. The number of carboxylic acid groups (broad SMARTS) is 1. The lowest BCUT2D eigenvalue weighted by molar-refractivity contribution is 0.0594. The van der Waals surface area contributed by atoms with Crippen LogP contribution >= 0.6 is 34.8 Å². The van der Waals surface area contributed by atoms with Crippen LogP contribution < -0.4 is 43.8 Å². The van der Waals surface area contributed by atoms with Crippen LogP contribution in [0.5, 0.6) is 0 Å². The lowest BCUT2D eigenvalue weighted by Crippen LogP contribution is -2.38. The van der Waals surface area contributed by atoms with E-state index in [1.54, 1.807) is 67.2 Å². The van der Waals surface area contributed by atoms with E-state index in [2.05, 4.69) is 75.4 Å². The fourth-order valence-corrected chi connectivity index (χ4v) is 19.8. The van der Waals surface area contributed by atoms with Gasteiger partial charge in [-0.3, -0.25) is 29.8 Å². The SMILES string of the molecule is C.C.C1CC2(CCN1)CC2.CC(=O)c1ncc(Cl)nc1Cl.CC(=O)c1ncc(N(S(C)(=O)=O)S(C)(=O)=O)nc1N1CCC2(CC1)CC2.CC(=O)c1ncc(NC(=O)OC(C)(C)C)nc1Cl.CC(=O)c1ncc(NC(=O)OC(C)(C)C)nc1N1CCC2(CC1)CC2.CC(C)(C)OC(N)=O.CS(=O)(=O)N(c1cnc(C(=O)O)c(N2CCC3(CC2)CC3)n1)S(C)(=O)=O. The number of aromatic nitrogens is 10. The van der Waals surface area contributed by atoms with Gasteiger partial charge in [0.25, 0.3) is 0 Å². The summed E-state index contributed by atoms with van der Waals surface area (Å²) in [4.78, 5) is 136. The molecule has 4 saturated heterocycles. The van der Waals surface area contributed by atoms with E-state index in [-0.39, 0.29) is 107 Å². The molecule has 4 spiro atoms. The topological polar surface area (TPSA) is 528 Å². The second kappa shape index (κ2) is 42.1. The Labute approximate surface area is 741 Å². The molecule has 9 heterocycles. The Balaban J connectivity index is 0.000000267. The number of primary amides is 1. The molecule has 4 aliphatic carbocycles. The minimum atomic E-state index is -4.19. The molecule has 4 saturated carbocycles. The largest absolute Gasteiger partial charge is 0.476 e. The highest BCUT2D eigenvalue weighted by Gasteiger charge is 2.48. The Bertz CT molecular complexity index is 4960. The molecule has 8 aliphatic rings. The van der Waals surface area contributed by atoms with Gasteiger partial charge in [0.15, 0.2) is 79.9 Å². The number of hydrogen-bond acceptors (Lipinski definition) is 33. The summed E-state index contributed by atoms with van der Waals surface area (Å²) in [5, 5.41) is 17.9. The van der Waals surface area contributed by atoms with E-state index in [0.717, 1.165) is 107 Å². The lowest BCUT2D eigenvalue weighted by Gasteiger charge is -2.34.